The van der Waals surface area contributed by atoms with Crippen LogP contribution in [-0.4, -0.2) is 32.9 Å². The summed E-state index contributed by atoms with van der Waals surface area (Å²) in [5.41, 5.74) is 7.21. The second kappa shape index (κ2) is 6.56. The smallest absolute Gasteiger partial charge is 0.303 e. The Bertz CT molecular complexity index is 537. The Kier molecular flexibility index (Phi) is 5.01. The summed E-state index contributed by atoms with van der Waals surface area (Å²) in [6, 6.07) is 7.38. The monoisotopic (exact) mass is 297 g/mol. The van der Waals surface area contributed by atoms with Gasteiger partial charge in [-0.3, -0.25) is 4.31 Å². The van der Waals surface area contributed by atoms with Crippen LogP contribution in [0.5, 0.6) is 0 Å². The molecule has 0 unspecified atom stereocenters. The van der Waals surface area contributed by atoms with Gasteiger partial charge in [-0.05, 0) is 24.5 Å². The normalized spacial score (nSPS) is 17.7. The Balaban J connectivity index is 2.28. The van der Waals surface area contributed by atoms with Crippen LogP contribution in [0.25, 0.3) is 0 Å². The third-order valence-electron chi connectivity index (χ3n) is 3.79. The van der Waals surface area contributed by atoms with Gasteiger partial charge in [-0.15, -0.1) is 0 Å². The van der Waals surface area contributed by atoms with E-state index in [-0.39, 0.29) is 0 Å². The van der Waals surface area contributed by atoms with Crippen LogP contribution in [0.2, 0.25) is 0 Å². The number of nitrogens with zero attached hydrogens (tertiary/aromatic N) is 2. The first-order chi connectivity index (χ1) is 9.57. The first-order valence-electron chi connectivity index (χ1n) is 7.09. The van der Waals surface area contributed by atoms with Crippen molar-refractivity contribution >= 4 is 15.9 Å². The zero-order valence-electron chi connectivity index (χ0n) is 12.0. The van der Waals surface area contributed by atoms with Gasteiger partial charge >= 0.3 is 10.2 Å². The molecule has 20 heavy (non-hydrogen) atoms. The molecule has 1 aromatic carbocycles. The Morgan fingerprint density at radius 1 is 1.15 bits per heavy atom. The number of nitrogens with two attached hydrogens (primary N) is 1. The third kappa shape index (κ3) is 3.13. The molecule has 0 amide bonds. The lowest BCUT2D eigenvalue weighted by atomic mass is 10.2. The van der Waals surface area contributed by atoms with Crippen molar-refractivity contribution in [2.24, 2.45) is 5.73 Å². The Hall–Kier alpha value is -1.11. The maximum Gasteiger partial charge on any atom is 0.303 e. The molecule has 112 valence electrons. The van der Waals surface area contributed by atoms with Gasteiger partial charge in [0.05, 0.1) is 5.69 Å². The van der Waals surface area contributed by atoms with Gasteiger partial charge in [-0.1, -0.05) is 31.0 Å². The SMILES string of the molecule is CN(c1ccccc1CN)S(=O)(=O)N1CCCCCC1. The summed E-state index contributed by atoms with van der Waals surface area (Å²) >= 11 is 0. The van der Waals surface area contributed by atoms with E-state index in [9.17, 15) is 8.42 Å². The molecule has 0 bridgehead atoms. The van der Waals surface area contributed by atoms with Crippen molar-refractivity contribution < 1.29 is 8.42 Å². The summed E-state index contributed by atoms with van der Waals surface area (Å²) < 4.78 is 28.4. The van der Waals surface area contributed by atoms with Crippen LogP contribution in [0.15, 0.2) is 24.3 Å². The fourth-order valence-electron chi connectivity index (χ4n) is 2.56. The van der Waals surface area contributed by atoms with Gasteiger partial charge in [0.25, 0.3) is 0 Å². The molecule has 1 fully saturated rings. The molecular weight excluding hydrogens is 274 g/mol. The number of rotatable bonds is 4. The quantitative estimate of drug-likeness (QED) is 0.920. The van der Waals surface area contributed by atoms with Crippen molar-refractivity contribution in [2.45, 2.75) is 32.2 Å². The second-order valence-electron chi connectivity index (χ2n) is 5.12. The van der Waals surface area contributed by atoms with Crippen LogP contribution in [0.3, 0.4) is 0 Å². The van der Waals surface area contributed by atoms with Crippen LogP contribution in [-0.2, 0) is 16.8 Å². The standard InChI is InChI=1S/C14H23N3O2S/c1-16(14-9-5-4-8-13(14)12-15)20(18,19)17-10-6-2-3-7-11-17/h4-5,8-9H,2-3,6-7,10-12,15H2,1H3. The molecule has 0 atom stereocenters. The maximum absolute atomic E-state index is 12.7. The molecule has 1 aliphatic heterocycles. The van der Waals surface area contributed by atoms with Gasteiger partial charge in [-0.25, -0.2) is 0 Å². The number of hydrogen-bond acceptors (Lipinski definition) is 3. The topological polar surface area (TPSA) is 66.6 Å². The summed E-state index contributed by atoms with van der Waals surface area (Å²) in [5, 5.41) is 0. The van der Waals surface area contributed by atoms with Crippen molar-refractivity contribution in [3.05, 3.63) is 29.8 Å². The van der Waals surface area contributed by atoms with E-state index in [2.05, 4.69) is 0 Å². The van der Waals surface area contributed by atoms with Crippen molar-refractivity contribution in [1.82, 2.24) is 4.31 Å². The van der Waals surface area contributed by atoms with Crippen LogP contribution >= 0.6 is 0 Å². The maximum atomic E-state index is 12.7. The average molecular weight is 297 g/mol. The van der Waals surface area contributed by atoms with E-state index in [4.69, 9.17) is 5.73 Å². The first-order valence-corrected chi connectivity index (χ1v) is 8.49. The summed E-state index contributed by atoms with van der Waals surface area (Å²) in [6.07, 6.45) is 4.08. The number of para-hydroxylation sites is 1. The summed E-state index contributed by atoms with van der Waals surface area (Å²) in [4.78, 5) is 0. The predicted octanol–water partition coefficient (Wildman–Crippen LogP) is 1.70. The zero-order chi connectivity index (χ0) is 14.6. The van der Waals surface area contributed by atoms with E-state index < -0.39 is 10.2 Å². The summed E-state index contributed by atoms with van der Waals surface area (Å²) in [7, 11) is -1.85. The van der Waals surface area contributed by atoms with Crippen LogP contribution in [0.1, 0.15) is 31.2 Å². The molecule has 0 saturated carbocycles. The summed E-state index contributed by atoms with van der Waals surface area (Å²) in [5.74, 6) is 0. The predicted molar refractivity (Wildman–Crippen MR) is 81.7 cm³/mol. The molecule has 2 N–H and O–H groups in total. The van der Waals surface area contributed by atoms with E-state index in [0.29, 0.717) is 25.3 Å². The molecule has 0 spiro atoms. The van der Waals surface area contributed by atoms with Gasteiger partial charge in [0.2, 0.25) is 0 Å². The van der Waals surface area contributed by atoms with E-state index >= 15 is 0 Å². The minimum atomic E-state index is -3.46. The van der Waals surface area contributed by atoms with Crippen LogP contribution in [0, 0.1) is 0 Å². The van der Waals surface area contributed by atoms with Crippen molar-refractivity contribution in [2.75, 3.05) is 24.4 Å². The van der Waals surface area contributed by atoms with Crippen LogP contribution < -0.4 is 10.0 Å². The highest BCUT2D eigenvalue weighted by Crippen LogP contribution is 2.24. The van der Waals surface area contributed by atoms with Crippen molar-refractivity contribution in [1.29, 1.82) is 0 Å². The molecule has 0 radical (unpaired) electrons. The lowest BCUT2D eigenvalue weighted by Gasteiger charge is -2.28. The first kappa shape index (κ1) is 15.3. The molecule has 1 aliphatic rings. The van der Waals surface area contributed by atoms with E-state index in [1.54, 1.807) is 17.4 Å². The molecule has 1 heterocycles. The third-order valence-corrected chi connectivity index (χ3v) is 5.69. The molecular formula is C14H23N3O2S. The van der Waals surface area contributed by atoms with E-state index in [0.717, 1.165) is 31.2 Å². The highest BCUT2D eigenvalue weighted by Gasteiger charge is 2.28. The molecule has 0 aromatic heterocycles. The van der Waals surface area contributed by atoms with Crippen molar-refractivity contribution in [3.63, 3.8) is 0 Å². The largest absolute Gasteiger partial charge is 0.326 e. The van der Waals surface area contributed by atoms with E-state index in [1.807, 2.05) is 18.2 Å². The van der Waals surface area contributed by atoms with Gasteiger partial charge in [0.1, 0.15) is 0 Å². The van der Waals surface area contributed by atoms with E-state index in [1.165, 1.54) is 4.31 Å². The fourth-order valence-corrected chi connectivity index (χ4v) is 4.05. The lowest BCUT2D eigenvalue weighted by molar-refractivity contribution is 0.422. The zero-order valence-corrected chi connectivity index (χ0v) is 12.8. The molecule has 0 aliphatic carbocycles. The second-order valence-corrected chi connectivity index (χ2v) is 7.08. The Morgan fingerprint density at radius 3 is 2.35 bits per heavy atom. The van der Waals surface area contributed by atoms with Gasteiger partial charge in [-0.2, -0.15) is 12.7 Å². The van der Waals surface area contributed by atoms with Crippen LogP contribution in [0.4, 0.5) is 5.69 Å². The van der Waals surface area contributed by atoms with Gasteiger partial charge in [0.15, 0.2) is 0 Å². The van der Waals surface area contributed by atoms with Crippen molar-refractivity contribution in [3.8, 4) is 0 Å². The highest BCUT2D eigenvalue weighted by atomic mass is 32.2. The minimum absolute atomic E-state index is 0.329. The van der Waals surface area contributed by atoms with Gasteiger partial charge in [0, 0.05) is 26.7 Å². The van der Waals surface area contributed by atoms with Gasteiger partial charge < -0.3 is 5.73 Å². The Morgan fingerprint density at radius 2 is 1.75 bits per heavy atom. The molecule has 1 saturated heterocycles. The lowest BCUT2D eigenvalue weighted by Crippen LogP contribution is -2.42. The molecule has 1 aromatic rings. The average Bonchev–Trinajstić information content (AvgIpc) is 2.76. The number of hydrogen-bond donors (Lipinski definition) is 1. The molecule has 5 nitrogen and oxygen atoms in total. The number of anilines is 1. The fraction of sp³-hybridized carbons (Fsp3) is 0.571. The summed E-state index contributed by atoms with van der Waals surface area (Å²) in [6.45, 7) is 1.55. The molecule has 2 rings (SSSR count). The minimum Gasteiger partial charge on any atom is -0.326 e. The Labute approximate surface area is 121 Å². The number of benzene rings is 1. The molecule has 6 heteroatoms. The highest BCUT2D eigenvalue weighted by molar-refractivity contribution is 7.90.